The Morgan fingerprint density at radius 1 is 1.36 bits per heavy atom. The normalized spacial score (nSPS) is 35.4. The molecule has 1 spiro atoms. The molecule has 2 heterocycles. The van der Waals surface area contributed by atoms with Crippen molar-refractivity contribution in [2.24, 2.45) is 22.7 Å². The largest absolute Gasteiger partial charge is 0.378 e. The zero-order chi connectivity index (χ0) is 20.1. The van der Waals surface area contributed by atoms with Crippen LogP contribution >= 0.6 is 0 Å². The summed E-state index contributed by atoms with van der Waals surface area (Å²) in [7, 11) is 0. The zero-order valence-electron chi connectivity index (χ0n) is 17.2. The van der Waals surface area contributed by atoms with Crippen molar-refractivity contribution in [2.45, 2.75) is 65.5 Å². The number of amides is 2. The molecule has 2 bridgehead atoms. The summed E-state index contributed by atoms with van der Waals surface area (Å²) in [6, 6.07) is 1.83. The lowest BCUT2D eigenvalue weighted by Crippen LogP contribution is -2.60. The molecule has 7 nitrogen and oxygen atoms in total. The highest BCUT2D eigenvalue weighted by atomic mass is 16.5. The third kappa shape index (κ3) is 3.04. The molecule has 1 aliphatic heterocycles. The highest BCUT2D eigenvalue weighted by Gasteiger charge is 2.68. The molecule has 2 aliphatic carbocycles. The summed E-state index contributed by atoms with van der Waals surface area (Å²) < 4.78 is 11.1. The highest BCUT2D eigenvalue weighted by Crippen LogP contribution is 2.68. The van der Waals surface area contributed by atoms with Crippen LogP contribution in [0.1, 0.15) is 62.7 Å². The van der Waals surface area contributed by atoms with Gasteiger partial charge < -0.3 is 19.9 Å². The van der Waals surface area contributed by atoms with Crippen LogP contribution in [-0.2, 0) is 9.53 Å². The van der Waals surface area contributed by atoms with Gasteiger partial charge in [-0.25, -0.2) is 0 Å². The van der Waals surface area contributed by atoms with Crippen molar-refractivity contribution < 1.29 is 18.8 Å². The fraction of sp³-hybridized carbons (Fsp3) is 0.762. The number of hydrogen-bond acceptors (Lipinski definition) is 5. The molecule has 1 aromatic heterocycles. The Balaban J connectivity index is 1.42. The van der Waals surface area contributed by atoms with E-state index in [0.717, 1.165) is 25.9 Å². The summed E-state index contributed by atoms with van der Waals surface area (Å²) >= 11 is 0. The minimum absolute atomic E-state index is 0.0527. The van der Waals surface area contributed by atoms with Gasteiger partial charge in [-0.1, -0.05) is 19.0 Å². The first-order valence-electron chi connectivity index (χ1n) is 10.3. The smallest absolute Gasteiger partial charge is 0.273 e. The van der Waals surface area contributed by atoms with Crippen molar-refractivity contribution in [3.05, 3.63) is 17.5 Å². The van der Waals surface area contributed by atoms with Crippen molar-refractivity contribution in [1.82, 2.24) is 15.8 Å². The molecule has 0 unspecified atom stereocenters. The molecule has 5 atom stereocenters. The molecule has 28 heavy (non-hydrogen) atoms. The van der Waals surface area contributed by atoms with E-state index in [1.165, 1.54) is 6.42 Å². The second-order valence-electron chi connectivity index (χ2n) is 9.46. The molecule has 1 saturated heterocycles. The van der Waals surface area contributed by atoms with Crippen LogP contribution in [0.2, 0.25) is 0 Å². The molecule has 7 heteroatoms. The zero-order valence-corrected chi connectivity index (χ0v) is 17.2. The number of hydrogen-bond donors (Lipinski definition) is 2. The summed E-state index contributed by atoms with van der Waals surface area (Å²) in [6.45, 7) is 9.24. The lowest BCUT2D eigenvalue weighted by molar-refractivity contribution is -0.135. The number of nitrogens with zero attached hydrogens (tertiary/aromatic N) is 1. The van der Waals surface area contributed by atoms with Gasteiger partial charge in [0.25, 0.3) is 5.91 Å². The second kappa shape index (κ2) is 6.87. The van der Waals surface area contributed by atoms with Crippen LogP contribution in [0, 0.1) is 29.6 Å². The van der Waals surface area contributed by atoms with Gasteiger partial charge in [0.05, 0.1) is 6.10 Å². The van der Waals surface area contributed by atoms with Crippen molar-refractivity contribution in [2.75, 3.05) is 13.2 Å². The van der Waals surface area contributed by atoms with Crippen LogP contribution < -0.4 is 10.6 Å². The number of nitrogens with one attached hydrogen (secondary N) is 2. The van der Waals surface area contributed by atoms with E-state index in [1.54, 1.807) is 19.9 Å². The SMILES string of the molecule is CC(=O)N[C@H]1C(C)(C)[C@@H]2C[C@@H]3[C@@H](CCNC(=O)c4cc(C)on4)OCC[C@@]31C2. The Morgan fingerprint density at radius 3 is 2.82 bits per heavy atom. The van der Waals surface area contributed by atoms with Crippen LogP contribution in [0.3, 0.4) is 0 Å². The predicted octanol–water partition coefficient (Wildman–Crippen LogP) is 2.45. The molecule has 0 aromatic carbocycles. The van der Waals surface area contributed by atoms with Gasteiger partial charge in [0.15, 0.2) is 5.69 Å². The van der Waals surface area contributed by atoms with E-state index in [1.807, 2.05) is 0 Å². The maximum absolute atomic E-state index is 12.2. The van der Waals surface area contributed by atoms with Crippen molar-refractivity contribution in [3.63, 3.8) is 0 Å². The first-order valence-corrected chi connectivity index (χ1v) is 10.3. The Bertz CT molecular complexity index is 773. The lowest BCUT2D eigenvalue weighted by atomic mass is 9.59. The molecular formula is C21H31N3O4. The van der Waals surface area contributed by atoms with Crippen LogP contribution in [0.25, 0.3) is 0 Å². The standard InChI is InChI=1S/C21H31N3O4/c1-12-9-16(24-28-12)18(26)22-7-5-17-15-10-14-11-21(15,6-8-27-17)19(20(14,3)4)23-13(2)25/h9,14-15,17,19H,5-8,10-11H2,1-4H3,(H,22,26)(H,23,25)/t14-,15-,17-,19+,21-/m1/s1. The highest BCUT2D eigenvalue weighted by molar-refractivity contribution is 5.92. The molecule has 3 fully saturated rings. The van der Waals surface area contributed by atoms with Gasteiger partial charge in [-0.15, -0.1) is 0 Å². The summed E-state index contributed by atoms with van der Waals surface area (Å²) in [5, 5.41) is 9.98. The summed E-state index contributed by atoms with van der Waals surface area (Å²) in [5.41, 5.74) is 0.546. The molecular weight excluding hydrogens is 358 g/mol. The summed E-state index contributed by atoms with van der Waals surface area (Å²) in [4.78, 5) is 24.1. The molecule has 4 rings (SSSR count). The Labute approximate surface area is 165 Å². The van der Waals surface area contributed by atoms with E-state index in [4.69, 9.17) is 9.26 Å². The summed E-state index contributed by atoms with van der Waals surface area (Å²) in [5.74, 6) is 1.49. The van der Waals surface area contributed by atoms with Crippen LogP contribution in [-0.4, -0.2) is 42.3 Å². The van der Waals surface area contributed by atoms with Gasteiger partial charge in [-0.2, -0.15) is 0 Å². The minimum atomic E-state index is -0.215. The first-order chi connectivity index (χ1) is 13.2. The molecule has 1 aromatic rings. The fourth-order valence-electron chi connectivity index (χ4n) is 6.29. The van der Waals surface area contributed by atoms with Crippen molar-refractivity contribution in [1.29, 1.82) is 0 Å². The van der Waals surface area contributed by atoms with Crippen molar-refractivity contribution in [3.8, 4) is 0 Å². The van der Waals surface area contributed by atoms with Crippen LogP contribution in [0.5, 0.6) is 0 Å². The van der Waals surface area contributed by atoms with Gasteiger partial charge in [-0.3, -0.25) is 9.59 Å². The average Bonchev–Trinajstić information content (AvgIpc) is 3.28. The monoisotopic (exact) mass is 389 g/mol. The number of aromatic nitrogens is 1. The van der Waals surface area contributed by atoms with E-state index in [0.29, 0.717) is 29.8 Å². The van der Waals surface area contributed by atoms with Gasteiger partial charge >= 0.3 is 0 Å². The molecule has 2 N–H and O–H groups in total. The van der Waals surface area contributed by atoms with Gasteiger partial charge in [-0.05, 0) is 55.3 Å². The lowest BCUT2D eigenvalue weighted by Gasteiger charge is -2.53. The van der Waals surface area contributed by atoms with Crippen molar-refractivity contribution >= 4 is 11.8 Å². The average molecular weight is 389 g/mol. The van der Waals surface area contributed by atoms with E-state index in [9.17, 15) is 9.59 Å². The van der Waals surface area contributed by atoms with Gasteiger partial charge in [0, 0.05) is 32.2 Å². The maximum Gasteiger partial charge on any atom is 0.273 e. The van der Waals surface area contributed by atoms with E-state index < -0.39 is 0 Å². The Morgan fingerprint density at radius 2 is 2.14 bits per heavy atom. The van der Waals surface area contributed by atoms with Gasteiger partial charge in [0.2, 0.25) is 5.91 Å². The molecule has 2 saturated carbocycles. The molecule has 0 radical (unpaired) electrons. The predicted molar refractivity (Wildman–Crippen MR) is 103 cm³/mol. The Hall–Kier alpha value is -1.89. The summed E-state index contributed by atoms with van der Waals surface area (Å²) in [6.07, 6.45) is 4.20. The van der Waals surface area contributed by atoms with E-state index in [2.05, 4.69) is 29.6 Å². The van der Waals surface area contributed by atoms with Crippen LogP contribution in [0.4, 0.5) is 0 Å². The third-order valence-electron chi connectivity index (χ3n) is 7.55. The number of ether oxygens (including phenoxy) is 1. The number of carbonyl (C=O) groups is 2. The molecule has 2 amide bonds. The number of carbonyl (C=O) groups excluding carboxylic acids is 2. The number of fused-ring (bicyclic) bond motifs is 1. The number of rotatable bonds is 5. The first kappa shape index (κ1) is 19.4. The third-order valence-corrected chi connectivity index (χ3v) is 7.55. The Kier molecular flexibility index (Phi) is 4.76. The van der Waals surface area contributed by atoms with E-state index in [-0.39, 0.29) is 34.8 Å². The molecule has 154 valence electrons. The maximum atomic E-state index is 12.2. The quantitative estimate of drug-likeness (QED) is 0.807. The fourth-order valence-corrected chi connectivity index (χ4v) is 6.29. The molecule has 3 aliphatic rings. The second-order valence-corrected chi connectivity index (χ2v) is 9.46. The van der Waals surface area contributed by atoms with Gasteiger partial charge in [0.1, 0.15) is 5.76 Å². The number of aryl methyl sites for hydroxylation is 1. The van der Waals surface area contributed by atoms with E-state index >= 15 is 0 Å². The van der Waals surface area contributed by atoms with Crippen LogP contribution in [0.15, 0.2) is 10.6 Å². The topological polar surface area (TPSA) is 93.5 Å². The minimum Gasteiger partial charge on any atom is -0.378 e.